The number of anilines is 1. The number of hydrogen-bond acceptors (Lipinski definition) is 6. The monoisotopic (exact) mass is 366 g/mol. The normalized spacial score (nSPS) is 22.8. The fraction of sp³-hybridized carbons (Fsp3) is 0.450. The van der Waals surface area contributed by atoms with Crippen LogP contribution in [0.15, 0.2) is 24.5 Å². The number of pyridine rings is 1. The van der Waals surface area contributed by atoms with E-state index in [1.54, 1.807) is 6.20 Å². The van der Waals surface area contributed by atoms with Crippen LogP contribution in [-0.2, 0) is 12.8 Å². The number of aliphatic hydroxyl groups is 1. The second-order valence-electron chi connectivity index (χ2n) is 7.67. The van der Waals surface area contributed by atoms with Crippen LogP contribution in [0.3, 0.4) is 0 Å². The maximum atomic E-state index is 10.5. The first-order chi connectivity index (χ1) is 12.6. The van der Waals surface area contributed by atoms with Crippen LogP contribution in [0.2, 0.25) is 0 Å². The molecule has 3 aromatic rings. The molecule has 3 aromatic heterocycles. The van der Waals surface area contributed by atoms with Gasteiger partial charge < -0.3 is 10.0 Å². The lowest BCUT2D eigenvalue weighted by molar-refractivity contribution is 0.0839. The third kappa shape index (κ3) is 2.68. The quantitative estimate of drug-likeness (QED) is 0.751. The molecule has 6 heteroatoms. The van der Waals surface area contributed by atoms with Crippen LogP contribution in [0.5, 0.6) is 0 Å². The molecule has 1 fully saturated rings. The van der Waals surface area contributed by atoms with Gasteiger partial charge in [-0.3, -0.25) is 4.98 Å². The van der Waals surface area contributed by atoms with E-state index in [1.165, 1.54) is 28.7 Å². The standard InChI is InChI=1S/C20H22N4OS/c1-20(25)8-10-24(12-20)18-16-14-6-2-3-7-15(14)26-19(16)23-17(22-18)13-5-4-9-21-11-13/h4-5,9,11,25H,2-3,6-8,10,12H2,1H3. The van der Waals surface area contributed by atoms with E-state index in [-0.39, 0.29) is 0 Å². The zero-order valence-electron chi connectivity index (χ0n) is 14.9. The predicted molar refractivity (Wildman–Crippen MR) is 105 cm³/mol. The molecule has 0 aromatic carbocycles. The molecule has 1 aliphatic heterocycles. The number of fused-ring (bicyclic) bond motifs is 3. The van der Waals surface area contributed by atoms with Gasteiger partial charge in [0, 0.05) is 35.9 Å². The number of rotatable bonds is 2. The molecular formula is C20H22N4OS. The molecule has 0 bridgehead atoms. The number of β-amino-alcohol motifs (C(OH)–C–C–N with tert-alkyl or cyclic N) is 1. The van der Waals surface area contributed by atoms with Crippen molar-refractivity contribution < 1.29 is 5.11 Å². The van der Waals surface area contributed by atoms with Crippen molar-refractivity contribution in [2.24, 2.45) is 0 Å². The van der Waals surface area contributed by atoms with Gasteiger partial charge in [-0.05, 0) is 56.7 Å². The first kappa shape index (κ1) is 16.1. The zero-order chi connectivity index (χ0) is 17.7. The van der Waals surface area contributed by atoms with Crippen LogP contribution < -0.4 is 4.90 Å². The lowest BCUT2D eigenvalue weighted by Gasteiger charge is -2.22. The third-order valence-electron chi connectivity index (χ3n) is 5.47. The Bertz CT molecular complexity index is 967. The Hall–Kier alpha value is -2.05. The third-order valence-corrected chi connectivity index (χ3v) is 6.65. The molecule has 4 heterocycles. The summed E-state index contributed by atoms with van der Waals surface area (Å²) in [6.07, 6.45) is 9.12. The summed E-state index contributed by atoms with van der Waals surface area (Å²) in [5.41, 5.74) is 1.73. The van der Waals surface area contributed by atoms with Gasteiger partial charge in [0.15, 0.2) is 5.82 Å². The highest BCUT2D eigenvalue weighted by molar-refractivity contribution is 7.19. The number of aryl methyl sites for hydroxylation is 2. The molecule has 0 amide bonds. The molecule has 0 spiro atoms. The summed E-state index contributed by atoms with van der Waals surface area (Å²) in [5.74, 6) is 1.72. The Morgan fingerprint density at radius 2 is 2.12 bits per heavy atom. The molecule has 1 saturated heterocycles. The highest BCUT2D eigenvalue weighted by Gasteiger charge is 2.34. The number of thiophene rings is 1. The second-order valence-corrected chi connectivity index (χ2v) is 8.76. The highest BCUT2D eigenvalue weighted by atomic mass is 32.1. The van der Waals surface area contributed by atoms with Gasteiger partial charge in [0.25, 0.3) is 0 Å². The Kier molecular flexibility index (Phi) is 3.72. The molecule has 1 unspecified atom stereocenters. The van der Waals surface area contributed by atoms with E-state index < -0.39 is 5.60 Å². The van der Waals surface area contributed by atoms with Gasteiger partial charge in [0.1, 0.15) is 10.6 Å². The summed E-state index contributed by atoms with van der Waals surface area (Å²) < 4.78 is 0. The number of hydrogen-bond donors (Lipinski definition) is 1. The van der Waals surface area contributed by atoms with Gasteiger partial charge in [0.2, 0.25) is 0 Å². The van der Waals surface area contributed by atoms with Crippen molar-refractivity contribution in [1.29, 1.82) is 0 Å². The van der Waals surface area contributed by atoms with Crippen LogP contribution >= 0.6 is 11.3 Å². The van der Waals surface area contributed by atoms with E-state index in [0.717, 1.165) is 47.8 Å². The van der Waals surface area contributed by atoms with Crippen molar-refractivity contribution in [2.75, 3.05) is 18.0 Å². The van der Waals surface area contributed by atoms with Gasteiger partial charge >= 0.3 is 0 Å². The first-order valence-corrected chi connectivity index (χ1v) is 10.1. The van der Waals surface area contributed by atoms with Crippen LogP contribution in [0.4, 0.5) is 5.82 Å². The van der Waals surface area contributed by atoms with E-state index in [9.17, 15) is 5.11 Å². The minimum absolute atomic E-state index is 0.621. The van der Waals surface area contributed by atoms with E-state index >= 15 is 0 Å². The van der Waals surface area contributed by atoms with Gasteiger partial charge in [-0.2, -0.15) is 0 Å². The molecule has 26 heavy (non-hydrogen) atoms. The number of aromatic nitrogens is 3. The van der Waals surface area contributed by atoms with Gasteiger partial charge in [-0.1, -0.05) is 0 Å². The van der Waals surface area contributed by atoms with E-state index in [4.69, 9.17) is 9.97 Å². The summed E-state index contributed by atoms with van der Waals surface area (Å²) in [7, 11) is 0. The molecule has 0 saturated carbocycles. The van der Waals surface area contributed by atoms with E-state index in [2.05, 4.69) is 9.88 Å². The van der Waals surface area contributed by atoms with Crippen LogP contribution in [0.25, 0.3) is 21.6 Å². The Balaban J connectivity index is 1.73. The average Bonchev–Trinajstić information content (AvgIpc) is 3.21. The number of nitrogens with zero attached hydrogens (tertiary/aromatic N) is 4. The molecular weight excluding hydrogens is 344 g/mol. The van der Waals surface area contributed by atoms with Crippen molar-refractivity contribution in [3.8, 4) is 11.4 Å². The predicted octanol–water partition coefficient (Wildman–Crippen LogP) is 3.59. The molecule has 1 atom stereocenters. The largest absolute Gasteiger partial charge is 0.388 e. The molecule has 1 aliphatic carbocycles. The fourth-order valence-corrected chi connectivity index (χ4v) is 5.37. The molecule has 0 radical (unpaired) electrons. The van der Waals surface area contributed by atoms with Gasteiger partial charge in [-0.15, -0.1) is 11.3 Å². The van der Waals surface area contributed by atoms with Gasteiger partial charge in [-0.25, -0.2) is 9.97 Å². The molecule has 5 rings (SSSR count). The molecule has 134 valence electrons. The lowest BCUT2D eigenvalue weighted by atomic mass is 9.97. The zero-order valence-corrected chi connectivity index (χ0v) is 15.7. The summed E-state index contributed by atoms with van der Waals surface area (Å²) in [6.45, 7) is 3.36. The Labute approximate surface area is 156 Å². The van der Waals surface area contributed by atoms with Crippen molar-refractivity contribution >= 4 is 27.4 Å². The fourth-order valence-electron chi connectivity index (χ4n) is 4.12. The van der Waals surface area contributed by atoms with Gasteiger partial charge in [0.05, 0.1) is 11.0 Å². The maximum absolute atomic E-state index is 10.5. The van der Waals surface area contributed by atoms with Crippen molar-refractivity contribution in [1.82, 2.24) is 15.0 Å². The summed E-state index contributed by atoms with van der Waals surface area (Å²) in [6, 6.07) is 3.92. The highest BCUT2D eigenvalue weighted by Crippen LogP contribution is 2.42. The molecule has 5 nitrogen and oxygen atoms in total. The summed E-state index contributed by atoms with van der Waals surface area (Å²) in [5, 5.41) is 11.7. The van der Waals surface area contributed by atoms with Crippen LogP contribution in [0, 0.1) is 0 Å². The Morgan fingerprint density at radius 3 is 2.88 bits per heavy atom. The average molecular weight is 366 g/mol. The first-order valence-electron chi connectivity index (χ1n) is 9.31. The van der Waals surface area contributed by atoms with Crippen molar-refractivity contribution in [2.45, 2.75) is 44.6 Å². The van der Waals surface area contributed by atoms with E-state index in [1.807, 2.05) is 36.6 Å². The molecule has 2 aliphatic rings. The van der Waals surface area contributed by atoms with E-state index in [0.29, 0.717) is 6.54 Å². The topological polar surface area (TPSA) is 62.1 Å². The lowest BCUT2D eigenvalue weighted by Crippen LogP contribution is -2.30. The second kappa shape index (κ2) is 5.99. The van der Waals surface area contributed by atoms with Crippen molar-refractivity contribution in [3.63, 3.8) is 0 Å². The van der Waals surface area contributed by atoms with Crippen LogP contribution in [-0.4, -0.2) is 38.7 Å². The summed E-state index contributed by atoms with van der Waals surface area (Å²) in [4.78, 5) is 18.9. The SMILES string of the molecule is CC1(O)CCN(c2nc(-c3cccnc3)nc3sc4c(c23)CCCC4)C1. The van der Waals surface area contributed by atoms with Crippen LogP contribution in [0.1, 0.15) is 36.6 Å². The maximum Gasteiger partial charge on any atom is 0.164 e. The summed E-state index contributed by atoms with van der Waals surface area (Å²) >= 11 is 1.82. The minimum Gasteiger partial charge on any atom is -0.388 e. The van der Waals surface area contributed by atoms with Crippen molar-refractivity contribution in [3.05, 3.63) is 35.0 Å². The minimum atomic E-state index is -0.651. The Morgan fingerprint density at radius 1 is 1.23 bits per heavy atom. The smallest absolute Gasteiger partial charge is 0.164 e. The molecule has 1 N–H and O–H groups in total.